The van der Waals surface area contributed by atoms with E-state index >= 15 is 0 Å². The van der Waals surface area contributed by atoms with Gasteiger partial charge in [0.15, 0.2) is 0 Å². The third kappa shape index (κ3) is 0.769. The quantitative estimate of drug-likeness (QED) is 0.557. The Morgan fingerprint density at radius 1 is 1.23 bits per heavy atom. The van der Waals surface area contributed by atoms with E-state index in [-0.39, 0.29) is 0 Å². The van der Waals surface area contributed by atoms with Crippen LogP contribution in [0.15, 0.2) is 0 Å². The first kappa shape index (κ1) is 8.02. The summed E-state index contributed by atoms with van der Waals surface area (Å²) in [4.78, 5) is 11.8. The van der Waals surface area contributed by atoms with Crippen LogP contribution in [0.4, 0.5) is 0 Å². The first-order valence-corrected chi connectivity index (χ1v) is 5.65. The van der Waals surface area contributed by atoms with Crippen molar-refractivity contribution < 1.29 is 4.79 Å². The van der Waals surface area contributed by atoms with E-state index in [2.05, 4.69) is 13.8 Å². The van der Waals surface area contributed by atoms with Crippen LogP contribution < -0.4 is 0 Å². The number of hydrogen-bond acceptors (Lipinski definition) is 1. The zero-order chi connectivity index (χ0) is 9.22. The van der Waals surface area contributed by atoms with Crippen molar-refractivity contribution >= 4 is 5.78 Å². The van der Waals surface area contributed by atoms with Crippen LogP contribution >= 0.6 is 0 Å². The third-order valence-corrected chi connectivity index (χ3v) is 5.10. The molecule has 0 spiro atoms. The fourth-order valence-corrected chi connectivity index (χ4v) is 4.68. The highest BCUT2D eigenvalue weighted by atomic mass is 16.1. The maximum Gasteiger partial charge on any atom is 0.137 e. The highest BCUT2D eigenvalue weighted by molar-refractivity contribution is 5.86. The van der Waals surface area contributed by atoms with Crippen LogP contribution in [0.5, 0.6) is 0 Å². The monoisotopic (exact) mass is 178 g/mol. The Hall–Kier alpha value is -0.330. The lowest BCUT2D eigenvalue weighted by Gasteiger charge is -2.25. The molecule has 3 aliphatic carbocycles. The Balaban J connectivity index is 2.05. The van der Waals surface area contributed by atoms with Crippen molar-refractivity contribution in [2.45, 2.75) is 39.5 Å². The number of Topliss-reactive ketones (excluding diaryl/α,β-unsaturated/α-hetero) is 1. The predicted octanol–water partition coefficient (Wildman–Crippen LogP) is 2.65. The zero-order valence-electron chi connectivity index (χ0n) is 8.55. The number of ketones is 1. The molecule has 0 aromatic rings. The average Bonchev–Trinajstić information content (AvgIpc) is 2.60. The molecule has 4 atom stereocenters. The highest BCUT2D eigenvalue weighted by Crippen LogP contribution is 2.65. The minimum Gasteiger partial charge on any atom is -0.299 e. The second kappa shape index (κ2) is 2.18. The Labute approximate surface area is 79.9 Å². The SMILES string of the molecule is CC1(C)C2CC(=O)C1C1CCCC12. The van der Waals surface area contributed by atoms with Crippen molar-refractivity contribution in [3.8, 4) is 0 Å². The van der Waals surface area contributed by atoms with E-state index in [1.54, 1.807) is 0 Å². The summed E-state index contributed by atoms with van der Waals surface area (Å²) in [6.07, 6.45) is 5.02. The molecule has 1 heteroatoms. The molecular weight excluding hydrogens is 160 g/mol. The van der Waals surface area contributed by atoms with Crippen molar-refractivity contribution in [3.63, 3.8) is 0 Å². The van der Waals surface area contributed by atoms with Crippen LogP contribution in [0.2, 0.25) is 0 Å². The minimum atomic E-state index is 0.340. The van der Waals surface area contributed by atoms with Crippen molar-refractivity contribution in [1.82, 2.24) is 0 Å². The summed E-state index contributed by atoms with van der Waals surface area (Å²) in [7, 11) is 0. The molecule has 0 heterocycles. The minimum absolute atomic E-state index is 0.340. The van der Waals surface area contributed by atoms with Crippen LogP contribution in [-0.2, 0) is 4.79 Å². The van der Waals surface area contributed by atoms with Gasteiger partial charge in [0.05, 0.1) is 0 Å². The van der Waals surface area contributed by atoms with Gasteiger partial charge in [-0.2, -0.15) is 0 Å². The molecule has 3 rings (SSSR count). The zero-order valence-corrected chi connectivity index (χ0v) is 8.55. The molecule has 0 aromatic heterocycles. The number of carbonyl (C=O) groups excluding carboxylic acids is 1. The largest absolute Gasteiger partial charge is 0.299 e. The van der Waals surface area contributed by atoms with Gasteiger partial charge >= 0.3 is 0 Å². The lowest BCUT2D eigenvalue weighted by atomic mass is 9.79. The van der Waals surface area contributed by atoms with E-state index in [4.69, 9.17) is 0 Å². The van der Waals surface area contributed by atoms with Crippen molar-refractivity contribution in [2.24, 2.45) is 29.1 Å². The number of rotatable bonds is 0. The summed E-state index contributed by atoms with van der Waals surface area (Å²) in [6.45, 7) is 4.65. The van der Waals surface area contributed by atoms with Gasteiger partial charge in [-0.3, -0.25) is 4.79 Å². The molecule has 4 unspecified atom stereocenters. The smallest absolute Gasteiger partial charge is 0.137 e. The van der Waals surface area contributed by atoms with Crippen LogP contribution in [0.25, 0.3) is 0 Å². The first-order chi connectivity index (χ1) is 6.12. The number of hydrogen-bond donors (Lipinski definition) is 0. The van der Waals surface area contributed by atoms with E-state index in [1.165, 1.54) is 19.3 Å². The first-order valence-electron chi connectivity index (χ1n) is 5.65. The molecule has 0 aromatic carbocycles. The van der Waals surface area contributed by atoms with E-state index in [1.807, 2.05) is 0 Å². The molecule has 0 N–H and O–H groups in total. The van der Waals surface area contributed by atoms with Gasteiger partial charge in [0, 0.05) is 12.3 Å². The Bertz CT molecular complexity index is 266. The van der Waals surface area contributed by atoms with E-state index in [9.17, 15) is 4.79 Å². The van der Waals surface area contributed by atoms with Crippen molar-refractivity contribution in [1.29, 1.82) is 0 Å². The second-order valence-corrected chi connectivity index (χ2v) is 5.83. The second-order valence-electron chi connectivity index (χ2n) is 5.83. The van der Waals surface area contributed by atoms with E-state index in [0.717, 1.165) is 24.2 Å². The normalized spacial score (nSPS) is 51.4. The van der Waals surface area contributed by atoms with Gasteiger partial charge in [0.2, 0.25) is 0 Å². The van der Waals surface area contributed by atoms with E-state index < -0.39 is 0 Å². The van der Waals surface area contributed by atoms with Gasteiger partial charge in [-0.25, -0.2) is 0 Å². The Kier molecular flexibility index (Phi) is 1.35. The summed E-state index contributed by atoms with van der Waals surface area (Å²) in [5, 5.41) is 0. The van der Waals surface area contributed by atoms with Crippen LogP contribution in [-0.4, -0.2) is 5.78 Å². The predicted molar refractivity (Wildman–Crippen MR) is 51.2 cm³/mol. The van der Waals surface area contributed by atoms with Gasteiger partial charge in [0.25, 0.3) is 0 Å². The molecule has 0 saturated heterocycles. The van der Waals surface area contributed by atoms with Gasteiger partial charge in [-0.05, 0) is 36.0 Å². The maximum atomic E-state index is 11.8. The fraction of sp³-hybridized carbons (Fsp3) is 0.917. The average molecular weight is 178 g/mol. The molecule has 1 nitrogen and oxygen atoms in total. The molecule has 0 amide bonds. The van der Waals surface area contributed by atoms with Gasteiger partial charge in [-0.1, -0.05) is 20.3 Å². The molecule has 0 radical (unpaired) electrons. The third-order valence-electron chi connectivity index (χ3n) is 5.10. The Morgan fingerprint density at radius 3 is 2.69 bits per heavy atom. The summed E-state index contributed by atoms with van der Waals surface area (Å²) < 4.78 is 0. The highest BCUT2D eigenvalue weighted by Gasteiger charge is 2.63. The topological polar surface area (TPSA) is 17.1 Å². The summed E-state index contributed by atoms with van der Waals surface area (Å²) in [6, 6.07) is 0. The van der Waals surface area contributed by atoms with Gasteiger partial charge in [-0.15, -0.1) is 0 Å². The van der Waals surface area contributed by atoms with Crippen molar-refractivity contribution in [2.75, 3.05) is 0 Å². The molecular formula is C12H18O. The van der Waals surface area contributed by atoms with Gasteiger partial charge in [0.1, 0.15) is 5.78 Å². The lowest BCUT2D eigenvalue weighted by molar-refractivity contribution is -0.124. The standard InChI is InChI=1S/C12H18O/c1-12(2)9-6-10(13)11(12)8-5-3-4-7(8)9/h7-9,11H,3-6H2,1-2H3. The van der Waals surface area contributed by atoms with Crippen LogP contribution in [0, 0.1) is 29.1 Å². The van der Waals surface area contributed by atoms with Gasteiger partial charge < -0.3 is 0 Å². The summed E-state index contributed by atoms with van der Waals surface area (Å²) in [5.41, 5.74) is 0.340. The molecule has 3 aliphatic rings. The van der Waals surface area contributed by atoms with Crippen molar-refractivity contribution in [3.05, 3.63) is 0 Å². The lowest BCUT2D eigenvalue weighted by Crippen LogP contribution is -2.25. The number of carbonyl (C=O) groups is 1. The molecule has 13 heavy (non-hydrogen) atoms. The van der Waals surface area contributed by atoms with Crippen LogP contribution in [0.1, 0.15) is 39.5 Å². The number of fused-ring (bicyclic) bond motifs is 5. The molecule has 0 aliphatic heterocycles. The Morgan fingerprint density at radius 2 is 1.92 bits per heavy atom. The summed E-state index contributed by atoms with van der Waals surface area (Å²) >= 11 is 0. The summed E-state index contributed by atoms with van der Waals surface area (Å²) in [5.74, 6) is 3.44. The maximum absolute atomic E-state index is 11.8. The molecule has 72 valence electrons. The van der Waals surface area contributed by atoms with Crippen LogP contribution in [0.3, 0.4) is 0 Å². The van der Waals surface area contributed by atoms with E-state index in [0.29, 0.717) is 17.1 Å². The molecule has 3 saturated carbocycles. The molecule has 3 fully saturated rings. The molecule has 2 bridgehead atoms. The fourth-order valence-electron chi connectivity index (χ4n) is 4.68.